The molecule has 42 heavy (non-hydrogen) atoms. The lowest BCUT2D eigenvalue weighted by molar-refractivity contribution is 0.262. The van der Waals surface area contributed by atoms with Crippen molar-refractivity contribution >= 4 is 28.4 Å². The molecule has 0 radical (unpaired) electrons. The second-order valence-corrected chi connectivity index (χ2v) is 10.8. The van der Waals surface area contributed by atoms with E-state index in [9.17, 15) is 9.59 Å². The van der Waals surface area contributed by atoms with E-state index in [1.807, 2.05) is 66.7 Å². The second-order valence-electron chi connectivity index (χ2n) is 10.8. The number of rotatable bonds is 8. The average molecular weight is 562 g/mol. The van der Waals surface area contributed by atoms with Crippen LogP contribution in [-0.4, -0.2) is 27.7 Å². The van der Waals surface area contributed by atoms with Crippen LogP contribution in [0.5, 0.6) is 5.75 Å². The zero-order chi connectivity index (χ0) is 29.8. The highest BCUT2D eigenvalue weighted by molar-refractivity contribution is 6.07. The van der Waals surface area contributed by atoms with Crippen LogP contribution in [0.25, 0.3) is 22.2 Å². The minimum absolute atomic E-state index is 0.156. The number of benzene rings is 2. The molecule has 0 fully saturated rings. The summed E-state index contributed by atoms with van der Waals surface area (Å²) in [6.07, 6.45) is 5.04. The number of hydrogen-bond donors (Lipinski definition) is 2. The van der Waals surface area contributed by atoms with Gasteiger partial charge in [0.05, 0.1) is 13.7 Å². The molecule has 214 valence electrons. The number of carbonyl (C=O) groups excluding carboxylic acids is 1. The molecule has 5 rings (SSSR count). The van der Waals surface area contributed by atoms with E-state index in [0.717, 1.165) is 33.3 Å². The predicted octanol–water partition coefficient (Wildman–Crippen LogP) is 7.41. The van der Waals surface area contributed by atoms with E-state index < -0.39 is 6.03 Å². The lowest BCUT2D eigenvalue weighted by atomic mass is 9.93. The van der Waals surface area contributed by atoms with E-state index >= 15 is 0 Å². The molecular formula is C34H35N5O3. The molecule has 0 unspecified atom stereocenters. The van der Waals surface area contributed by atoms with Gasteiger partial charge < -0.3 is 15.4 Å². The first kappa shape index (κ1) is 28.5. The van der Waals surface area contributed by atoms with Crippen molar-refractivity contribution < 1.29 is 9.53 Å². The quantitative estimate of drug-likeness (QED) is 0.206. The fraction of sp³-hybridized carbons (Fsp3) is 0.235. The summed E-state index contributed by atoms with van der Waals surface area (Å²) >= 11 is 0. The number of hydrogen-bond acceptors (Lipinski definition) is 5. The van der Waals surface area contributed by atoms with E-state index in [2.05, 4.69) is 48.3 Å². The third kappa shape index (κ3) is 5.74. The monoisotopic (exact) mass is 561 g/mol. The number of carbonyl (C=O) groups is 1. The Hall–Kier alpha value is -4.98. The third-order valence-corrected chi connectivity index (χ3v) is 7.32. The number of para-hydroxylation sites is 1. The molecule has 8 heteroatoms. The SMILES string of the molecule is COc1cccc(-c2c(NC(=O)Nc3c(C(C)C)cccc3C(C)C)c(=O)n(Cc3ccncc3)c3ncccc23)c1. The summed E-state index contributed by atoms with van der Waals surface area (Å²) in [5.74, 6) is 1.01. The molecule has 2 amide bonds. The van der Waals surface area contributed by atoms with Crippen LogP contribution in [0.2, 0.25) is 0 Å². The van der Waals surface area contributed by atoms with Crippen molar-refractivity contribution in [1.82, 2.24) is 14.5 Å². The maximum atomic E-state index is 14.3. The number of anilines is 2. The van der Waals surface area contributed by atoms with Gasteiger partial charge in [0.15, 0.2) is 0 Å². The van der Waals surface area contributed by atoms with Crippen molar-refractivity contribution in [2.24, 2.45) is 0 Å². The number of fused-ring (bicyclic) bond motifs is 1. The van der Waals surface area contributed by atoms with Gasteiger partial charge in [-0.25, -0.2) is 9.78 Å². The summed E-state index contributed by atoms with van der Waals surface area (Å²) in [4.78, 5) is 36.8. The van der Waals surface area contributed by atoms with E-state index in [4.69, 9.17) is 4.74 Å². The lowest BCUT2D eigenvalue weighted by Gasteiger charge is -2.22. The number of urea groups is 1. The highest BCUT2D eigenvalue weighted by Gasteiger charge is 2.23. The summed E-state index contributed by atoms with van der Waals surface area (Å²) in [6, 6.07) is 20.5. The molecule has 5 aromatic rings. The molecule has 0 aliphatic rings. The number of pyridine rings is 3. The molecule has 0 saturated heterocycles. The molecule has 2 N–H and O–H groups in total. The summed E-state index contributed by atoms with van der Waals surface area (Å²) in [5, 5.41) is 6.76. The van der Waals surface area contributed by atoms with Crippen LogP contribution in [0.4, 0.5) is 16.2 Å². The Bertz CT molecular complexity index is 1770. The smallest absolute Gasteiger partial charge is 0.323 e. The summed E-state index contributed by atoms with van der Waals surface area (Å²) in [6.45, 7) is 8.64. The van der Waals surface area contributed by atoms with Crippen molar-refractivity contribution in [2.45, 2.75) is 46.1 Å². The first-order valence-corrected chi connectivity index (χ1v) is 14.0. The molecule has 2 aromatic carbocycles. The maximum Gasteiger partial charge on any atom is 0.323 e. The molecule has 0 saturated carbocycles. The van der Waals surface area contributed by atoms with Gasteiger partial charge in [-0.2, -0.15) is 0 Å². The first-order chi connectivity index (χ1) is 20.3. The first-order valence-electron chi connectivity index (χ1n) is 14.0. The van der Waals surface area contributed by atoms with Gasteiger partial charge >= 0.3 is 6.03 Å². The summed E-state index contributed by atoms with van der Waals surface area (Å²) in [5.41, 5.74) is 5.31. The van der Waals surface area contributed by atoms with Gasteiger partial charge in [-0.05, 0) is 70.5 Å². The van der Waals surface area contributed by atoms with Crippen molar-refractivity contribution in [3.8, 4) is 16.9 Å². The molecular weight excluding hydrogens is 526 g/mol. The van der Waals surface area contributed by atoms with Crippen LogP contribution in [0, 0.1) is 0 Å². The van der Waals surface area contributed by atoms with Crippen molar-refractivity contribution in [1.29, 1.82) is 0 Å². The van der Waals surface area contributed by atoms with Crippen LogP contribution >= 0.6 is 0 Å². The Labute approximate surface area is 245 Å². The number of amides is 2. The van der Waals surface area contributed by atoms with Crippen LogP contribution in [-0.2, 0) is 6.54 Å². The van der Waals surface area contributed by atoms with Gasteiger partial charge in [0, 0.05) is 35.2 Å². The van der Waals surface area contributed by atoms with E-state index in [1.165, 1.54) is 0 Å². The van der Waals surface area contributed by atoms with Gasteiger partial charge in [0.1, 0.15) is 17.1 Å². The Kier molecular flexibility index (Phi) is 8.33. The molecule has 3 heterocycles. The second kappa shape index (κ2) is 12.3. The predicted molar refractivity (Wildman–Crippen MR) is 169 cm³/mol. The van der Waals surface area contributed by atoms with E-state index in [-0.39, 0.29) is 29.6 Å². The van der Waals surface area contributed by atoms with Gasteiger partial charge in [-0.1, -0.05) is 58.0 Å². The highest BCUT2D eigenvalue weighted by Crippen LogP contribution is 2.36. The molecule has 0 aliphatic carbocycles. The number of methoxy groups -OCH3 is 1. The zero-order valence-electron chi connectivity index (χ0n) is 24.5. The fourth-order valence-corrected chi connectivity index (χ4v) is 5.25. The largest absolute Gasteiger partial charge is 0.497 e. The number of nitrogens with zero attached hydrogens (tertiary/aromatic N) is 3. The minimum Gasteiger partial charge on any atom is -0.497 e. The zero-order valence-corrected chi connectivity index (χ0v) is 24.5. The Morgan fingerprint density at radius 1 is 0.857 bits per heavy atom. The number of aromatic nitrogens is 3. The Morgan fingerprint density at radius 2 is 1.52 bits per heavy atom. The molecule has 0 atom stereocenters. The van der Waals surface area contributed by atoms with Crippen LogP contribution < -0.4 is 20.9 Å². The molecule has 8 nitrogen and oxygen atoms in total. The number of nitrogens with one attached hydrogen (secondary N) is 2. The number of ether oxygens (including phenoxy) is 1. The summed E-state index contributed by atoms with van der Waals surface area (Å²) < 4.78 is 7.08. The summed E-state index contributed by atoms with van der Waals surface area (Å²) in [7, 11) is 1.59. The van der Waals surface area contributed by atoms with E-state index in [1.54, 1.807) is 30.3 Å². The topological polar surface area (TPSA) is 98.1 Å². The van der Waals surface area contributed by atoms with Crippen molar-refractivity contribution in [2.75, 3.05) is 17.7 Å². The normalized spacial score (nSPS) is 11.2. The van der Waals surface area contributed by atoms with Crippen molar-refractivity contribution in [3.05, 3.63) is 112 Å². The Morgan fingerprint density at radius 3 is 2.19 bits per heavy atom. The molecule has 0 aliphatic heterocycles. The molecule has 0 bridgehead atoms. The van der Waals surface area contributed by atoms with Gasteiger partial charge in [0.25, 0.3) is 5.56 Å². The molecule has 3 aromatic heterocycles. The highest BCUT2D eigenvalue weighted by atomic mass is 16.5. The van der Waals surface area contributed by atoms with Gasteiger partial charge in [-0.3, -0.25) is 14.3 Å². The van der Waals surface area contributed by atoms with Crippen LogP contribution in [0.1, 0.15) is 56.2 Å². The lowest BCUT2D eigenvalue weighted by Crippen LogP contribution is -2.30. The minimum atomic E-state index is -0.495. The average Bonchev–Trinajstić information content (AvgIpc) is 2.99. The standard InChI is InChI=1S/C34H35N5O3/c1-21(2)26-11-7-12-27(22(3)4)30(26)37-34(41)38-31-29(24-9-6-10-25(19-24)42-5)28-13-8-16-36-32(28)39(33(31)40)20-23-14-17-35-18-15-23/h6-19,21-22H,20H2,1-5H3,(H2,37,38,41). The Balaban J connectivity index is 1.69. The third-order valence-electron chi connectivity index (χ3n) is 7.32. The fourth-order valence-electron chi connectivity index (χ4n) is 5.25. The van der Waals surface area contributed by atoms with Gasteiger partial charge in [-0.15, -0.1) is 0 Å². The van der Waals surface area contributed by atoms with Crippen LogP contribution in [0.15, 0.2) is 90.1 Å². The maximum absolute atomic E-state index is 14.3. The van der Waals surface area contributed by atoms with E-state index in [0.29, 0.717) is 17.0 Å². The van der Waals surface area contributed by atoms with Crippen LogP contribution in [0.3, 0.4) is 0 Å². The van der Waals surface area contributed by atoms with Crippen molar-refractivity contribution in [3.63, 3.8) is 0 Å². The molecule has 0 spiro atoms. The van der Waals surface area contributed by atoms with Gasteiger partial charge in [0.2, 0.25) is 0 Å².